The molecule has 1 amide bonds. The summed E-state index contributed by atoms with van der Waals surface area (Å²) in [6.07, 6.45) is 14.0. The number of carbonyl (C=O) groups excluding carboxylic acids is 1. The van der Waals surface area contributed by atoms with E-state index >= 15 is 0 Å². The number of nitrogens with zero attached hydrogens (tertiary/aromatic N) is 2. The zero-order valence-electron chi connectivity index (χ0n) is 17.8. The van der Waals surface area contributed by atoms with Gasteiger partial charge in [-0.05, 0) is 44.7 Å². The topological polar surface area (TPSA) is 78.8 Å². The summed E-state index contributed by atoms with van der Waals surface area (Å²) in [5.41, 5.74) is 5.11. The molecule has 1 N–H and O–H groups in total. The van der Waals surface area contributed by atoms with Crippen LogP contribution in [0.3, 0.4) is 0 Å². The lowest BCUT2D eigenvalue weighted by atomic mass is 10.00. The first-order valence-electron chi connectivity index (χ1n) is 10.7. The Morgan fingerprint density at radius 3 is 1.90 bits per heavy atom. The summed E-state index contributed by atoms with van der Waals surface area (Å²) in [5, 5.41) is 4.35. The number of hydrogen-bond donors (Lipinski definition) is 1. The molecule has 0 aliphatic heterocycles. The third kappa shape index (κ3) is 8.98. The fourth-order valence-electron chi connectivity index (χ4n) is 3.55. The molecular formula is C22H35N3O3S. The maximum atomic E-state index is 12.4. The van der Waals surface area contributed by atoms with E-state index < -0.39 is 15.9 Å². The van der Waals surface area contributed by atoms with E-state index in [4.69, 9.17) is 0 Å². The molecule has 1 aliphatic carbocycles. The Kier molecular flexibility index (Phi) is 9.64. The van der Waals surface area contributed by atoms with E-state index in [-0.39, 0.29) is 6.54 Å². The zero-order chi connectivity index (χ0) is 21.1. The van der Waals surface area contributed by atoms with E-state index in [1.807, 2.05) is 19.1 Å². The van der Waals surface area contributed by atoms with Crippen molar-refractivity contribution in [3.8, 4) is 0 Å². The quantitative estimate of drug-likeness (QED) is 0.709. The van der Waals surface area contributed by atoms with Crippen molar-refractivity contribution < 1.29 is 13.2 Å². The zero-order valence-corrected chi connectivity index (χ0v) is 18.6. The van der Waals surface area contributed by atoms with E-state index in [1.165, 1.54) is 44.9 Å². The monoisotopic (exact) mass is 421 g/mol. The Bertz CT molecular complexity index is 759. The standard InChI is InChI=1S/C22H35N3O3S/c1-19-14-16-21(17-15-19)25(29(2,27)28)18-22(26)24-23-20-12-10-8-6-4-3-5-7-9-11-13-20/h14-17H,3-13,18H2,1-2H3,(H,24,26). The SMILES string of the molecule is Cc1ccc(N(CC(=O)NN=C2CCCCCCCCCCC2)S(C)(=O)=O)cc1. The minimum absolute atomic E-state index is 0.279. The number of nitrogens with one attached hydrogen (secondary N) is 1. The summed E-state index contributed by atoms with van der Waals surface area (Å²) in [6, 6.07) is 7.08. The number of hydrazone groups is 1. The molecule has 0 unspecified atom stereocenters. The number of anilines is 1. The van der Waals surface area contributed by atoms with Crippen molar-refractivity contribution in [2.24, 2.45) is 5.10 Å². The van der Waals surface area contributed by atoms with Gasteiger partial charge < -0.3 is 0 Å². The molecule has 1 fully saturated rings. The average molecular weight is 422 g/mol. The van der Waals surface area contributed by atoms with Crippen LogP contribution in [0.5, 0.6) is 0 Å². The summed E-state index contributed by atoms with van der Waals surface area (Å²) >= 11 is 0. The van der Waals surface area contributed by atoms with Crippen molar-refractivity contribution in [3.63, 3.8) is 0 Å². The molecule has 0 atom stereocenters. The van der Waals surface area contributed by atoms with Crippen molar-refractivity contribution in [2.75, 3.05) is 17.1 Å². The molecular weight excluding hydrogens is 386 g/mol. The van der Waals surface area contributed by atoms with Gasteiger partial charge in [-0.15, -0.1) is 0 Å². The first-order valence-corrected chi connectivity index (χ1v) is 12.6. The van der Waals surface area contributed by atoms with Gasteiger partial charge in [0.25, 0.3) is 5.91 Å². The predicted molar refractivity (Wildman–Crippen MR) is 120 cm³/mol. The lowest BCUT2D eigenvalue weighted by molar-refractivity contribution is -0.119. The number of benzene rings is 1. The molecule has 1 aromatic carbocycles. The fraction of sp³-hybridized carbons (Fsp3) is 0.636. The highest BCUT2D eigenvalue weighted by atomic mass is 32.2. The fourth-order valence-corrected chi connectivity index (χ4v) is 4.41. The van der Waals surface area contributed by atoms with Crippen LogP contribution in [0, 0.1) is 6.92 Å². The van der Waals surface area contributed by atoms with Gasteiger partial charge in [0.05, 0.1) is 11.9 Å². The highest BCUT2D eigenvalue weighted by molar-refractivity contribution is 7.92. The summed E-state index contributed by atoms with van der Waals surface area (Å²) in [7, 11) is -3.57. The summed E-state index contributed by atoms with van der Waals surface area (Å²) in [6.45, 7) is 1.65. The van der Waals surface area contributed by atoms with Crippen LogP contribution in [-0.4, -0.2) is 32.8 Å². The number of rotatable bonds is 5. The van der Waals surface area contributed by atoms with Gasteiger partial charge in [-0.1, -0.05) is 62.6 Å². The van der Waals surface area contributed by atoms with Gasteiger partial charge in [0, 0.05) is 5.71 Å². The molecule has 0 saturated heterocycles. The second kappa shape index (κ2) is 12.0. The van der Waals surface area contributed by atoms with Crippen LogP contribution < -0.4 is 9.73 Å². The van der Waals surface area contributed by atoms with Gasteiger partial charge in [0.15, 0.2) is 0 Å². The Balaban J connectivity index is 1.98. The van der Waals surface area contributed by atoms with Gasteiger partial charge >= 0.3 is 0 Å². The third-order valence-electron chi connectivity index (χ3n) is 5.28. The van der Waals surface area contributed by atoms with Gasteiger partial charge in [-0.2, -0.15) is 5.10 Å². The summed E-state index contributed by atoms with van der Waals surface area (Å²) in [5.74, 6) is -0.422. The molecule has 29 heavy (non-hydrogen) atoms. The van der Waals surface area contributed by atoms with Crippen LogP contribution >= 0.6 is 0 Å². The normalized spacial score (nSPS) is 17.0. The van der Waals surface area contributed by atoms with Crippen molar-refractivity contribution in [2.45, 2.75) is 77.6 Å². The van der Waals surface area contributed by atoms with Crippen molar-refractivity contribution >= 4 is 27.3 Å². The molecule has 0 radical (unpaired) electrons. The smallest absolute Gasteiger partial charge is 0.260 e. The third-order valence-corrected chi connectivity index (χ3v) is 6.42. The van der Waals surface area contributed by atoms with E-state index in [0.717, 1.165) is 47.5 Å². The molecule has 0 spiro atoms. The molecule has 1 aromatic rings. The number of amides is 1. The van der Waals surface area contributed by atoms with Crippen LogP contribution in [0.2, 0.25) is 0 Å². The molecule has 2 rings (SSSR count). The van der Waals surface area contributed by atoms with Crippen molar-refractivity contribution in [1.29, 1.82) is 0 Å². The van der Waals surface area contributed by atoms with Crippen LogP contribution in [0.1, 0.15) is 76.2 Å². The number of carbonyl (C=O) groups is 1. The largest absolute Gasteiger partial charge is 0.271 e. The minimum atomic E-state index is -3.57. The molecule has 1 saturated carbocycles. The number of sulfonamides is 1. The molecule has 0 aromatic heterocycles. The van der Waals surface area contributed by atoms with Crippen LogP contribution in [-0.2, 0) is 14.8 Å². The van der Waals surface area contributed by atoms with E-state index in [9.17, 15) is 13.2 Å². The Hall–Kier alpha value is -1.89. The van der Waals surface area contributed by atoms with Crippen molar-refractivity contribution in [3.05, 3.63) is 29.8 Å². The minimum Gasteiger partial charge on any atom is -0.271 e. The molecule has 7 heteroatoms. The predicted octanol–water partition coefficient (Wildman–Crippen LogP) is 4.54. The lowest BCUT2D eigenvalue weighted by Gasteiger charge is -2.21. The summed E-state index contributed by atoms with van der Waals surface area (Å²) < 4.78 is 25.5. The van der Waals surface area contributed by atoms with E-state index in [2.05, 4.69) is 10.5 Å². The van der Waals surface area contributed by atoms with Crippen LogP contribution in [0.25, 0.3) is 0 Å². The van der Waals surface area contributed by atoms with E-state index in [0.29, 0.717) is 5.69 Å². The lowest BCUT2D eigenvalue weighted by Crippen LogP contribution is -2.39. The van der Waals surface area contributed by atoms with Gasteiger partial charge in [-0.25, -0.2) is 13.8 Å². The maximum Gasteiger partial charge on any atom is 0.260 e. The first kappa shape index (κ1) is 23.4. The van der Waals surface area contributed by atoms with E-state index in [1.54, 1.807) is 12.1 Å². The highest BCUT2D eigenvalue weighted by Gasteiger charge is 2.20. The van der Waals surface area contributed by atoms with Gasteiger partial charge in [0.1, 0.15) is 6.54 Å². The second-order valence-corrected chi connectivity index (χ2v) is 9.91. The Morgan fingerprint density at radius 2 is 1.41 bits per heavy atom. The molecule has 6 nitrogen and oxygen atoms in total. The molecule has 162 valence electrons. The summed E-state index contributed by atoms with van der Waals surface area (Å²) in [4.78, 5) is 12.4. The van der Waals surface area contributed by atoms with Gasteiger partial charge in [-0.3, -0.25) is 9.10 Å². The molecule has 0 bridgehead atoms. The maximum absolute atomic E-state index is 12.4. The Labute approximate surface area is 175 Å². The van der Waals surface area contributed by atoms with Crippen LogP contribution in [0.15, 0.2) is 29.4 Å². The number of hydrogen-bond acceptors (Lipinski definition) is 4. The Morgan fingerprint density at radius 1 is 0.931 bits per heavy atom. The van der Waals surface area contributed by atoms with Crippen molar-refractivity contribution in [1.82, 2.24) is 5.43 Å². The molecule has 0 heterocycles. The van der Waals surface area contributed by atoms with Gasteiger partial charge in [0.2, 0.25) is 10.0 Å². The highest BCUT2D eigenvalue weighted by Crippen LogP contribution is 2.18. The average Bonchev–Trinajstić information content (AvgIpc) is 2.66. The number of aryl methyl sites for hydroxylation is 1. The second-order valence-electron chi connectivity index (χ2n) is 8.00. The first-order chi connectivity index (χ1) is 13.9. The molecule has 1 aliphatic rings. The van der Waals surface area contributed by atoms with Crippen LogP contribution in [0.4, 0.5) is 5.69 Å².